The van der Waals surface area contributed by atoms with Crippen LogP contribution in [0.3, 0.4) is 0 Å². The molecule has 2 aromatic heterocycles. The highest BCUT2D eigenvalue weighted by atomic mass is 127. The van der Waals surface area contributed by atoms with Crippen LogP contribution in [0.25, 0.3) is 5.65 Å². The van der Waals surface area contributed by atoms with Gasteiger partial charge in [0.1, 0.15) is 6.54 Å². The molecule has 3 heterocycles. The quantitative estimate of drug-likeness (QED) is 0.419. The first kappa shape index (κ1) is 18.9. The third kappa shape index (κ3) is 4.56. The fourth-order valence-corrected chi connectivity index (χ4v) is 2.74. The summed E-state index contributed by atoms with van der Waals surface area (Å²) in [5.41, 5.74) is 0.736. The summed E-state index contributed by atoms with van der Waals surface area (Å²) in [6, 6.07) is 5.85. The van der Waals surface area contributed by atoms with Crippen LogP contribution in [0, 0.1) is 0 Å². The van der Waals surface area contributed by atoms with Gasteiger partial charge in [0.15, 0.2) is 17.4 Å². The molecular weight excluding hydrogens is 419 g/mol. The monoisotopic (exact) mass is 444 g/mol. The minimum Gasteiger partial charge on any atom is -0.373 e. The molecule has 1 aliphatic heterocycles. The van der Waals surface area contributed by atoms with E-state index in [-0.39, 0.29) is 29.6 Å². The van der Waals surface area contributed by atoms with Gasteiger partial charge >= 0.3 is 0 Å². The molecule has 0 saturated carbocycles. The van der Waals surface area contributed by atoms with Crippen molar-refractivity contribution in [2.45, 2.75) is 38.8 Å². The summed E-state index contributed by atoms with van der Waals surface area (Å²) in [5, 5.41) is 15.0. The maximum atomic E-state index is 5.81. The van der Waals surface area contributed by atoms with Gasteiger partial charge in [0.25, 0.3) is 0 Å². The zero-order chi connectivity index (χ0) is 16.1. The maximum absolute atomic E-state index is 5.81. The zero-order valence-electron chi connectivity index (χ0n) is 14.2. The molecule has 1 fully saturated rings. The lowest BCUT2D eigenvalue weighted by Gasteiger charge is -2.24. The smallest absolute Gasteiger partial charge is 0.191 e. The molecule has 3 rings (SSSR count). The van der Waals surface area contributed by atoms with Crippen LogP contribution in [0.1, 0.15) is 32.5 Å². The third-order valence-electron chi connectivity index (χ3n) is 4.04. The molecule has 1 saturated heterocycles. The fraction of sp³-hybridized carbons (Fsp3) is 0.562. The predicted molar refractivity (Wildman–Crippen MR) is 105 cm³/mol. The van der Waals surface area contributed by atoms with Gasteiger partial charge < -0.3 is 15.4 Å². The van der Waals surface area contributed by atoms with Crippen molar-refractivity contribution in [3.63, 3.8) is 0 Å². The summed E-state index contributed by atoms with van der Waals surface area (Å²) in [5.74, 6) is 1.60. The van der Waals surface area contributed by atoms with Crippen molar-refractivity contribution in [1.82, 2.24) is 25.2 Å². The number of nitrogens with one attached hydrogen (secondary N) is 2. The first-order valence-electron chi connectivity index (χ1n) is 8.15. The molecule has 2 aromatic rings. The highest BCUT2D eigenvalue weighted by Crippen LogP contribution is 2.23. The van der Waals surface area contributed by atoms with Crippen molar-refractivity contribution >= 4 is 35.6 Å². The minimum absolute atomic E-state index is 0. The van der Waals surface area contributed by atoms with Crippen LogP contribution in [0.15, 0.2) is 29.4 Å². The van der Waals surface area contributed by atoms with Crippen molar-refractivity contribution in [2.24, 2.45) is 4.99 Å². The second kappa shape index (κ2) is 8.61. The lowest BCUT2D eigenvalue weighted by Crippen LogP contribution is -2.45. The molecule has 0 amide bonds. The number of aliphatic imine (C=N–C) groups is 1. The van der Waals surface area contributed by atoms with Gasteiger partial charge in [-0.25, -0.2) is 4.99 Å². The van der Waals surface area contributed by atoms with Crippen LogP contribution in [0.4, 0.5) is 0 Å². The average Bonchev–Trinajstić information content (AvgIpc) is 3.17. The summed E-state index contributed by atoms with van der Waals surface area (Å²) in [6.07, 6.45) is 4.15. The van der Waals surface area contributed by atoms with Crippen molar-refractivity contribution in [1.29, 1.82) is 0 Å². The molecule has 0 aliphatic carbocycles. The van der Waals surface area contributed by atoms with Gasteiger partial charge in [-0.3, -0.25) is 4.40 Å². The minimum atomic E-state index is -0.0995. The molecule has 0 spiro atoms. The van der Waals surface area contributed by atoms with E-state index in [0.717, 1.165) is 50.0 Å². The summed E-state index contributed by atoms with van der Waals surface area (Å²) in [7, 11) is 0. The van der Waals surface area contributed by atoms with E-state index in [1.807, 2.05) is 28.8 Å². The van der Waals surface area contributed by atoms with Gasteiger partial charge in [-0.05, 0) is 38.8 Å². The normalized spacial score (nSPS) is 20.8. The molecule has 1 unspecified atom stereocenters. The van der Waals surface area contributed by atoms with Gasteiger partial charge in [0.05, 0.1) is 5.60 Å². The average molecular weight is 444 g/mol. The van der Waals surface area contributed by atoms with Crippen molar-refractivity contribution in [3.05, 3.63) is 30.2 Å². The van der Waals surface area contributed by atoms with E-state index < -0.39 is 0 Å². The number of hydrogen-bond donors (Lipinski definition) is 2. The standard InChI is InChI=1S/C16H24N6O.HI/c1-3-17-15(19-12-16(2)8-6-10-23-16)18-11-14-21-20-13-7-4-5-9-22(13)14;/h4-5,7,9H,3,6,8,10-12H2,1-2H3,(H2,17,18,19);1H. The second-order valence-corrected chi connectivity index (χ2v) is 6.00. The molecule has 132 valence electrons. The molecule has 2 N–H and O–H groups in total. The van der Waals surface area contributed by atoms with Crippen LogP contribution >= 0.6 is 24.0 Å². The number of guanidine groups is 1. The first-order valence-corrected chi connectivity index (χ1v) is 8.15. The Labute approximate surface area is 159 Å². The number of halogens is 1. The summed E-state index contributed by atoms with van der Waals surface area (Å²) in [4.78, 5) is 4.61. The van der Waals surface area contributed by atoms with E-state index in [0.29, 0.717) is 6.54 Å². The Hall–Kier alpha value is -1.42. The zero-order valence-corrected chi connectivity index (χ0v) is 16.5. The molecular formula is C16H25IN6O. The van der Waals surface area contributed by atoms with Crippen molar-refractivity contribution in [3.8, 4) is 0 Å². The van der Waals surface area contributed by atoms with E-state index >= 15 is 0 Å². The highest BCUT2D eigenvalue weighted by Gasteiger charge is 2.29. The first-order chi connectivity index (χ1) is 11.2. The molecule has 0 aromatic carbocycles. The lowest BCUT2D eigenvalue weighted by molar-refractivity contribution is 0.0243. The molecule has 7 nitrogen and oxygen atoms in total. The van der Waals surface area contributed by atoms with E-state index in [4.69, 9.17) is 4.74 Å². The summed E-state index contributed by atoms with van der Waals surface area (Å²) in [6.45, 7) is 7.07. The SMILES string of the molecule is CCNC(=NCc1nnc2ccccn12)NCC1(C)CCCO1.I. The number of nitrogens with zero attached hydrogens (tertiary/aromatic N) is 4. The van der Waals surface area contributed by atoms with E-state index in [1.54, 1.807) is 0 Å². The molecule has 0 bridgehead atoms. The second-order valence-electron chi connectivity index (χ2n) is 6.00. The van der Waals surface area contributed by atoms with Gasteiger partial charge in [-0.2, -0.15) is 0 Å². The Morgan fingerprint density at radius 1 is 1.38 bits per heavy atom. The summed E-state index contributed by atoms with van der Waals surface area (Å²) >= 11 is 0. The Balaban J connectivity index is 0.00000208. The summed E-state index contributed by atoms with van der Waals surface area (Å²) < 4.78 is 7.76. The van der Waals surface area contributed by atoms with Crippen LogP contribution in [-0.2, 0) is 11.3 Å². The number of pyridine rings is 1. The number of aromatic nitrogens is 3. The van der Waals surface area contributed by atoms with Gasteiger partial charge in [0, 0.05) is 25.9 Å². The Morgan fingerprint density at radius 2 is 2.25 bits per heavy atom. The van der Waals surface area contributed by atoms with E-state index in [1.165, 1.54) is 0 Å². The van der Waals surface area contributed by atoms with E-state index in [2.05, 4.69) is 39.7 Å². The Morgan fingerprint density at radius 3 is 3.00 bits per heavy atom. The van der Waals surface area contributed by atoms with Crippen molar-refractivity contribution < 1.29 is 4.74 Å². The topological polar surface area (TPSA) is 75.8 Å². The number of fused-ring (bicyclic) bond motifs is 1. The largest absolute Gasteiger partial charge is 0.373 e. The van der Waals surface area contributed by atoms with Gasteiger partial charge in [-0.1, -0.05) is 6.07 Å². The van der Waals surface area contributed by atoms with Gasteiger partial charge in [0.2, 0.25) is 0 Å². The Kier molecular flexibility index (Phi) is 6.79. The lowest BCUT2D eigenvalue weighted by atomic mass is 10.0. The van der Waals surface area contributed by atoms with Crippen LogP contribution < -0.4 is 10.6 Å². The van der Waals surface area contributed by atoms with E-state index in [9.17, 15) is 0 Å². The molecule has 1 aliphatic rings. The van der Waals surface area contributed by atoms with Crippen LogP contribution in [0.5, 0.6) is 0 Å². The number of hydrogen-bond acceptors (Lipinski definition) is 4. The number of rotatable bonds is 5. The van der Waals surface area contributed by atoms with Crippen LogP contribution in [0.2, 0.25) is 0 Å². The molecule has 8 heteroatoms. The Bertz CT molecular complexity index is 680. The maximum Gasteiger partial charge on any atom is 0.191 e. The van der Waals surface area contributed by atoms with Gasteiger partial charge in [-0.15, -0.1) is 34.2 Å². The third-order valence-corrected chi connectivity index (χ3v) is 4.04. The fourth-order valence-electron chi connectivity index (χ4n) is 2.74. The molecule has 0 radical (unpaired) electrons. The number of ether oxygens (including phenoxy) is 1. The molecule has 1 atom stereocenters. The highest BCUT2D eigenvalue weighted by molar-refractivity contribution is 14.0. The molecule has 24 heavy (non-hydrogen) atoms. The van der Waals surface area contributed by atoms with Crippen molar-refractivity contribution in [2.75, 3.05) is 19.7 Å². The predicted octanol–water partition coefficient (Wildman–Crippen LogP) is 1.97. The van der Waals surface area contributed by atoms with Crippen LogP contribution in [-0.4, -0.2) is 45.9 Å².